The van der Waals surface area contributed by atoms with Gasteiger partial charge in [0.25, 0.3) is 0 Å². The number of aliphatic hydroxyl groups is 1. The van der Waals surface area contributed by atoms with Crippen molar-refractivity contribution >= 4 is 23.2 Å². The second-order valence-corrected chi connectivity index (χ2v) is 6.21. The van der Waals surface area contributed by atoms with Crippen molar-refractivity contribution in [2.24, 2.45) is 0 Å². The Bertz CT molecular complexity index is 741. The smallest absolute Gasteiger partial charge is 0.394 e. The number of pyridine rings is 1. The molecule has 0 saturated heterocycles. The van der Waals surface area contributed by atoms with E-state index in [9.17, 15) is 18.0 Å². The zero-order valence-electron chi connectivity index (χ0n) is 12.4. The van der Waals surface area contributed by atoms with E-state index >= 15 is 0 Å². The molecule has 0 radical (unpaired) electrons. The predicted octanol–water partition coefficient (Wildman–Crippen LogP) is 2.44. The number of fused-ring (bicyclic) bond motifs is 1. The summed E-state index contributed by atoms with van der Waals surface area (Å²) in [5.74, 6) is -0.403. The van der Waals surface area contributed by atoms with E-state index < -0.39 is 23.2 Å². The third-order valence-corrected chi connectivity index (χ3v) is 3.38. The lowest BCUT2D eigenvalue weighted by Crippen LogP contribution is -2.46. The van der Waals surface area contributed by atoms with Gasteiger partial charge in [-0.25, -0.2) is 4.98 Å². The summed E-state index contributed by atoms with van der Waals surface area (Å²) in [6.07, 6.45) is -2.47. The molecule has 0 aliphatic rings. The van der Waals surface area contributed by atoms with Crippen molar-refractivity contribution in [3.05, 3.63) is 34.7 Å². The van der Waals surface area contributed by atoms with Crippen LogP contribution in [0.5, 0.6) is 0 Å². The van der Waals surface area contributed by atoms with Crippen molar-refractivity contribution in [1.29, 1.82) is 0 Å². The van der Waals surface area contributed by atoms with Crippen LogP contribution < -0.4 is 5.32 Å². The number of hydrogen-bond donors (Lipinski definition) is 2. The van der Waals surface area contributed by atoms with Gasteiger partial charge in [-0.1, -0.05) is 11.6 Å². The van der Waals surface area contributed by atoms with Gasteiger partial charge in [-0.3, -0.25) is 4.79 Å². The van der Waals surface area contributed by atoms with Gasteiger partial charge in [0, 0.05) is 12.4 Å². The molecule has 0 aliphatic heterocycles. The summed E-state index contributed by atoms with van der Waals surface area (Å²) in [6.45, 7) is 3.03. The summed E-state index contributed by atoms with van der Waals surface area (Å²) >= 11 is 5.83. The molecular formula is C14H15ClF3N3O2. The van der Waals surface area contributed by atoms with E-state index in [0.29, 0.717) is 0 Å². The van der Waals surface area contributed by atoms with E-state index in [4.69, 9.17) is 16.7 Å². The zero-order valence-corrected chi connectivity index (χ0v) is 13.2. The number of hydrogen-bond acceptors (Lipinski definition) is 3. The number of aliphatic hydroxyl groups excluding tert-OH is 1. The highest BCUT2D eigenvalue weighted by atomic mass is 35.5. The summed E-state index contributed by atoms with van der Waals surface area (Å²) in [6, 6.07) is 0.794. The highest BCUT2D eigenvalue weighted by Crippen LogP contribution is 2.32. The highest BCUT2D eigenvalue weighted by molar-refractivity contribution is 6.33. The van der Waals surface area contributed by atoms with Gasteiger partial charge in [0.2, 0.25) is 5.91 Å². The molecule has 0 unspecified atom stereocenters. The number of nitrogens with zero attached hydrogens (tertiary/aromatic N) is 2. The van der Waals surface area contributed by atoms with Gasteiger partial charge in [0.05, 0.1) is 34.8 Å². The first-order valence-electron chi connectivity index (χ1n) is 6.68. The maximum absolute atomic E-state index is 12.8. The van der Waals surface area contributed by atoms with Gasteiger partial charge in [0.1, 0.15) is 0 Å². The highest BCUT2D eigenvalue weighted by Gasteiger charge is 2.32. The minimum absolute atomic E-state index is 0.136. The molecule has 2 N–H and O–H groups in total. The normalized spacial score (nSPS) is 12.7. The molecule has 23 heavy (non-hydrogen) atoms. The van der Waals surface area contributed by atoms with Crippen molar-refractivity contribution in [3.63, 3.8) is 0 Å². The predicted molar refractivity (Wildman–Crippen MR) is 78.2 cm³/mol. The van der Waals surface area contributed by atoms with Crippen LogP contribution in [0.1, 0.15) is 25.1 Å². The van der Waals surface area contributed by atoms with Crippen molar-refractivity contribution in [2.75, 3.05) is 6.61 Å². The lowest BCUT2D eigenvalue weighted by atomic mass is 10.1. The van der Waals surface area contributed by atoms with E-state index in [1.165, 1.54) is 6.20 Å². The van der Waals surface area contributed by atoms with Gasteiger partial charge in [-0.05, 0) is 19.9 Å². The Morgan fingerprint density at radius 3 is 2.61 bits per heavy atom. The van der Waals surface area contributed by atoms with Crippen LogP contribution >= 0.6 is 11.6 Å². The van der Waals surface area contributed by atoms with E-state index in [1.54, 1.807) is 13.8 Å². The fourth-order valence-corrected chi connectivity index (χ4v) is 2.23. The largest absolute Gasteiger partial charge is 0.417 e. The van der Waals surface area contributed by atoms with Gasteiger partial charge < -0.3 is 14.8 Å². The van der Waals surface area contributed by atoms with Gasteiger partial charge >= 0.3 is 6.18 Å². The van der Waals surface area contributed by atoms with Gasteiger partial charge in [-0.15, -0.1) is 0 Å². The third-order valence-electron chi connectivity index (χ3n) is 3.10. The Labute approximate surface area is 135 Å². The van der Waals surface area contributed by atoms with Crippen LogP contribution in [-0.4, -0.2) is 32.5 Å². The lowest BCUT2D eigenvalue weighted by Gasteiger charge is -2.23. The van der Waals surface area contributed by atoms with Crippen LogP contribution in [0.15, 0.2) is 18.5 Å². The van der Waals surface area contributed by atoms with E-state index in [-0.39, 0.29) is 29.4 Å². The van der Waals surface area contributed by atoms with Crippen molar-refractivity contribution in [1.82, 2.24) is 14.7 Å². The first kappa shape index (κ1) is 17.6. The molecule has 1 amide bonds. The van der Waals surface area contributed by atoms with Crippen LogP contribution in [0.25, 0.3) is 5.65 Å². The SMILES string of the molecule is CC(C)(CO)NC(=O)Cc1cn2cc(C(F)(F)F)cc(Cl)c2n1. The van der Waals surface area contributed by atoms with Crippen molar-refractivity contribution in [3.8, 4) is 0 Å². The van der Waals surface area contributed by atoms with Gasteiger partial charge in [0.15, 0.2) is 5.65 Å². The molecule has 2 aromatic rings. The summed E-state index contributed by atoms with van der Waals surface area (Å²) in [5, 5.41) is 11.6. The van der Waals surface area contributed by atoms with Crippen molar-refractivity contribution < 1.29 is 23.1 Å². The van der Waals surface area contributed by atoms with Crippen LogP contribution in [0, 0.1) is 0 Å². The van der Waals surface area contributed by atoms with Gasteiger partial charge in [-0.2, -0.15) is 13.2 Å². The van der Waals surface area contributed by atoms with E-state index in [0.717, 1.165) is 16.7 Å². The second-order valence-electron chi connectivity index (χ2n) is 5.80. The Morgan fingerprint density at radius 2 is 2.04 bits per heavy atom. The standard InChI is InChI=1S/C14H15ClF3N3O2/c1-13(2,7-22)20-11(23)4-9-6-21-5-8(14(16,17)18)3-10(15)12(21)19-9/h3,5-6,22H,4,7H2,1-2H3,(H,20,23). The van der Waals surface area contributed by atoms with E-state index in [1.807, 2.05) is 0 Å². The van der Waals surface area contributed by atoms with Crippen LogP contribution in [-0.2, 0) is 17.4 Å². The first-order valence-corrected chi connectivity index (χ1v) is 7.06. The third kappa shape index (κ3) is 4.14. The Kier molecular flexibility index (Phi) is 4.59. The number of amides is 1. The molecule has 126 valence electrons. The number of halogens is 4. The number of alkyl halides is 3. The molecule has 0 saturated carbocycles. The van der Waals surface area contributed by atoms with Crippen LogP contribution in [0.3, 0.4) is 0 Å². The maximum Gasteiger partial charge on any atom is 0.417 e. The molecule has 0 fully saturated rings. The lowest BCUT2D eigenvalue weighted by molar-refractivity contribution is -0.137. The molecule has 2 heterocycles. The molecule has 2 aromatic heterocycles. The fourth-order valence-electron chi connectivity index (χ4n) is 1.97. The monoisotopic (exact) mass is 349 g/mol. The first-order chi connectivity index (χ1) is 10.5. The maximum atomic E-state index is 12.8. The number of carbonyl (C=O) groups excluding carboxylic acids is 1. The quantitative estimate of drug-likeness (QED) is 0.891. The number of carbonyl (C=O) groups is 1. The minimum Gasteiger partial charge on any atom is -0.394 e. The summed E-state index contributed by atoms with van der Waals surface area (Å²) in [4.78, 5) is 16.0. The minimum atomic E-state index is -4.52. The topological polar surface area (TPSA) is 66.6 Å². The summed E-state index contributed by atoms with van der Waals surface area (Å²) in [5.41, 5.74) is -1.27. The molecule has 2 rings (SSSR count). The Morgan fingerprint density at radius 1 is 1.39 bits per heavy atom. The number of nitrogens with one attached hydrogen (secondary N) is 1. The van der Waals surface area contributed by atoms with E-state index in [2.05, 4.69) is 10.3 Å². The Balaban J connectivity index is 2.27. The van der Waals surface area contributed by atoms with Crippen molar-refractivity contribution in [2.45, 2.75) is 32.0 Å². The number of rotatable bonds is 4. The second kappa shape index (κ2) is 6.01. The molecule has 0 bridgehead atoms. The van der Waals surface area contributed by atoms with Crippen LogP contribution in [0.4, 0.5) is 13.2 Å². The number of imidazole rings is 1. The zero-order chi connectivity index (χ0) is 17.4. The Hall–Kier alpha value is -1.80. The molecular weight excluding hydrogens is 335 g/mol. The average Bonchev–Trinajstić information content (AvgIpc) is 2.79. The summed E-state index contributed by atoms with van der Waals surface area (Å²) < 4.78 is 39.4. The molecule has 0 aliphatic carbocycles. The molecule has 9 heteroatoms. The molecule has 5 nitrogen and oxygen atoms in total. The number of aromatic nitrogens is 2. The molecule has 0 spiro atoms. The van der Waals surface area contributed by atoms with Crippen LogP contribution in [0.2, 0.25) is 5.02 Å². The molecule has 0 aromatic carbocycles. The summed E-state index contributed by atoms with van der Waals surface area (Å²) in [7, 11) is 0. The average molecular weight is 350 g/mol. The molecule has 0 atom stereocenters. The fraction of sp³-hybridized carbons (Fsp3) is 0.429.